The van der Waals surface area contributed by atoms with E-state index in [0.717, 1.165) is 24.6 Å². The van der Waals surface area contributed by atoms with Gasteiger partial charge in [0.05, 0.1) is 12.6 Å². The second-order valence-electron chi connectivity index (χ2n) is 4.54. The topological polar surface area (TPSA) is 33.3 Å². The molecule has 0 amide bonds. The molecule has 1 saturated carbocycles. The minimum absolute atomic E-state index is 0.344. The number of thiocarbonyl (C=S) groups is 1. The summed E-state index contributed by atoms with van der Waals surface area (Å²) in [6, 6.07) is 0.932. The van der Waals surface area contributed by atoms with E-state index in [-0.39, 0.29) is 0 Å². The van der Waals surface area contributed by atoms with Crippen LogP contribution in [0.25, 0.3) is 0 Å². The first kappa shape index (κ1) is 13.7. The van der Waals surface area contributed by atoms with Gasteiger partial charge in [-0.25, -0.2) is 0 Å². The highest BCUT2D eigenvalue weighted by molar-refractivity contribution is 7.80. The lowest BCUT2D eigenvalue weighted by molar-refractivity contribution is 0.169. The van der Waals surface area contributed by atoms with E-state index in [2.05, 4.69) is 17.6 Å². The van der Waals surface area contributed by atoms with Gasteiger partial charge in [0.25, 0.3) is 0 Å². The van der Waals surface area contributed by atoms with Gasteiger partial charge in [-0.3, -0.25) is 0 Å². The molecule has 0 aliphatic heterocycles. The highest BCUT2D eigenvalue weighted by Crippen LogP contribution is 2.17. The molecular weight excluding hydrogens is 220 g/mol. The number of hydrogen-bond acceptors (Lipinski definition) is 2. The van der Waals surface area contributed by atoms with E-state index < -0.39 is 0 Å². The van der Waals surface area contributed by atoms with Gasteiger partial charge in [-0.1, -0.05) is 26.2 Å². The molecule has 2 N–H and O–H groups in total. The Morgan fingerprint density at radius 3 is 2.69 bits per heavy atom. The fraction of sp³-hybridized carbons (Fsp3) is 0.917. The van der Waals surface area contributed by atoms with Gasteiger partial charge in [-0.05, 0) is 31.5 Å². The van der Waals surface area contributed by atoms with Gasteiger partial charge >= 0.3 is 0 Å². The van der Waals surface area contributed by atoms with Crippen LogP contribution < -0.4 is 10.6 Å². The number of rotatable bonds is 6. The Balaban J connectivity index is 2.23. The maximum atomic E-state index is 5.32. The molecule has 3 nitrogen and oxygen atoms in total. The molecule has 1 atom stereocenters. The largest absolute Gasteiger partial charge is 0.383 e. The standard InChI is InChI=1S/C12H24N2OS/c1-3-6-11(9-15-2)14-12(16)13-10-7-4-5-8-10/h10-11H,3-9H2,1-2H3,(H2,13,14,16). The van der Waals surface area contributed by atoms with Gasteiger partial charge in [-0.15, -0.1) is 0 Å². The SMILES string of the molecule is CCCC(COC)NC(=S)NC1CCCC1. The Morgan fingerprint density at radius 1 is 1.44 bits per heavy atom. The van der Waals surface area contributed by atoms with Crippen LogP contribution in [0.3, 0.4) is 0 Å². The van der Waals surface area contributed by atoms with E-state index in [9.17, 15) is 0 Å². The maximum absolute atomic E-state index is 5.32. The summed E-state index contributed by atoms with van der Waals surface area (Å²) in [6.45, 7) is 2.90. The Hall–Kier alpha value is -0.350. The molecule has 0 spiro atoms. The van der Waals surface area contributed by atoms with Crippen molar-refractivity contribution in [3.05, 3.63) is 0 Å². The van der Waals surface area contributed by atoms with Crippen LogP contribution in [-0.4, -0.2) is 30.9 Å². The molecule has 4 heteroatoms. The monoisotopic (exact) mass is 244 g/mol. The van der Waals surface area contributed by atoms with Gasteiger partial charge < -0.3 is 15.4 Å². The molecule has 1 fully saturated rings. The molecule has 16 heavy (non-hydrogen) atoms. The second-order valence-corrected chi connectivity index (χ2v) is 4.95. The summed E-state index contributed by atoms with van der Waals surface area (Å²) in [5.74, 6) is 0. The van der Waals surface area contributed by atoms with Crippen LogP contribution in [0.4, 0.5) is 0 Å². The van der Waals surface area contributed by atoms with Crippen molar-refractivity contribution in [2.24, 2.45) is 0 Å². The third-order valence-electron chi connectivity index (χ3n) is 3.03. The summed E-state index contributed by atoms with van der Waals surface area (Å²) in [6.07, 6.45) is 7.41. The van der Waals surface area contributed by atoms with Crippen molar-refractivity contribution >= 4 is 17.3 Å². The number of hydrogen-bond donors (Lipinski definition) is 2. The lowest BCUT2D eigenvalue weighted by Crippen LogP contribution is -2.46. The third kappa shape index (κ3) is 5.12. The average molecular weight is 244 g/mol. The molecule has 1 rings (SSSR count). The summed E-state index contributed by atoms with van der Waals surface area (Å²) < 4.78 is 5.18. The zero-order valence-electron chi connectivity index (χ0n) is 10.4. The van der Waals surface area contributed by atoms with Crippen LogP contribution in [0.5, 0.6) is 0 Å². The molecule has 0 saturated heterocycles. The van der Waals surface area contributed by atoms with E-state index in [1.165, 1.54) is 25.7 Å². The highest BCUT2D eigenvalue weighted by Gasteiger charge is 2.16. The molecule has 0 heterocycles. The fourth-order valence-corrected chi connectivity index (χ4v) is 2.56. The van der Waals surface area contributed by atoms with Crippen LogP contribution in [0.1, 0.15) is 45.4 Å². The Kier molecular flexibility index (Phi) is 6.73. The minimum atomic E-state index is 0.344. The number of ether oxygens (including phenoxy) is 1. The highest BCUT2D eigenvalue weighted by atomic mass is 32.1. The Bertz CT molecular complexity index is 199. The lowest BCUT2D eigenvalue weighted by Gasteiger charge is -2.22. The van der Waals surface area contributed by atoms with Gasteiger partial charge in [-0.2, -0.15) is 0 Å². The molecule has 1 unspecified atom stereocenters. The van der Waals surface area contributed by atoms with Crippen molar-refractivity contribution in [3.63, 3.8) is 0 Å². The van der Waals surface area contributed by atoms with Crippen molar-refractivity contribution < 1.29 is 4.74 Å². The van der Waals surface area contributed by atoms with E-state index in [4.69, 9.17) is 17.0 Å². The molecule has 0 aromatic carbocycles. The van der Waals surface area contributed by atoms with Crippen LogP contribution >= 0.6 is 12.2 Å². The molecule has 0 aromatic heterocycles. The first-order chi connectivity index (χ1) is 7.76. The van der Waals surface area contributed by atoms with E-state index in [1.54, 1.807) is 7.11 Å². The first-order valence-electron chi connectivity index (χ1n) is 6.32. The Labute approximate surface area is 104 Å². The number of methoxy groups -OCH3 is 1. The zero-order chi connectivity index (χ0) is 11.8. The normalized spacial score (nSPS) is 18.4. The predicted molar refractivity (Wildman–Crippen MR) is 71.7 cm³/mol. The first-order valence-corrected chi connectivity index (χ1v) is 6.73. The predicted octanol–water partition coefficient (Wildman–Crippen LogP) is 2.21. The lowest BCUT2D eigenvalue weighted by atomic mass is 10.2. The smallest absolute Gasteiger partial charge is 0.166 e. The summed E-state index contributed by atoms with van der Waals surface area (Å²) in [7, 11) is 1.73. The average Bonchev–Trinajstić information content (AvgIpc) is 2.71. The maximum Gasteiger partial charge on any atom is 0.166 e. The molecule has 0 radical (unpaired) electrons. The van der Waals surface area contributed by atoms with Crippen LogP contribution in [-0.2, 0) is 4.74 Å². The van der Waals surface area contributed by atoms with Crippen LogP contribution in [0.2, 0.25) is 0 Å². The molecule has 0 bridgehead atoms. The van der Waals surface area contributed by atoms with E-state index in [0.29, 0.717) is 12.1 Å². The molecule has 94 valence electrons. The van der Waals surface area contributed by atoms with Crippen molar-refractivity contribution in [1.82, 2.24) is 10.6 Å². The zero-order valence-corrected chi connectivity index (χ0v) is 11.2. The second kappa shape index (κ2) is 7.85. The third-order valence-corrected chi connectivity index (χ3v) is 3.27. The fourth-order valence-electron chi connectivity index (χ4n) is 2.23. The van der Waals surface area contributed by atoms with E-state index in [1.807, 2.05) is 0 Å². The van der Waals surface area contributed by atoms with Gasteiger partial charge in [0.15, 0.2) is 5.11 Å². The van der Waals surface area contributed by atoms with Crippen LogP contribution in [0.15, 0.2) is 0 Å². The summed E-state index contributed by atoms with van der Waals surface area (Å²) >= 11 is 5.32. The van der Waals surface area contributed by atoms with Crippen molar-refractivity contribution in [1.29, 1.82) is 0 Å². The molecule has 0 aromatic rings. The summed E-state index contributed by atoms with van der Waals surface area (Å²) in [5, 5.41) is 7.53. The molecule has 1 aliphatic rings. The van der Waals surface area contributed by atoms with E-state index >= 15 is 0 Å². The van der Waals surface area contributed by atoms with Crippen molar-refractivity contribution in [2.75, 3.05) is 13.7 Å². The number of nitrogens with one attached hydrogen (secondary N) is 2. The minimum Gasteiger partial charge on any atom is -0.383 e. The van der Waals surface area contributed by atoms with Gasteiger partial charge in [0.2, 0.25) is 0 Å². The molecular formula is C12H24N2OS. The van der Waals surface area contributed by atoms with Crippen molar-refractivity contribution in [2.45, 2.75) is 57.5 Å². The van der Waals surface area contributed by atoms with Crippen LogP contribution in [0, 0.1) is 0 Å². The quantitative estimate of drug-likeness (QED) is 0.702. The molecule has 1 aliphatic carbocycles. The van der Waals surface area contributed by atoms with Gasteiger partial charge in [0, 0.05) is 13.2 Å². The van der Waals surface area contributed by atoms with Crippen molar-refractivity contribution in [3.8, 4) is 0 Å². The summed E-state index contributed by atoms with van der Waals surface area (Å²) in [5.41, 5.74) is 0. The Morgan fingerprint density at radius 2 is 2.12 bits per heavy atom. The summed E-state index contributed by atoms with van der Waals surface area (Å²) in [4.78, 5) is 0. The van der Waals surface area contributed by atoms with Gasteiger partial charge in [0.1, 0.15) is 0 Å².